The Hall–Kier alpha value is -1.76. The molecule has 0 radical (unpaired) electrons. The molecule has 1 fully saturated rings. The Bertz CT molecular complexity index is 621. The van der Waals surface area contributed by atoms with Gasteiger partial charge in [-0.15, -0.1) is 0 Å². The Kier molecular flexibility index (Phi) is 4.24. The quantitative estimate of drug-likeness (QED) is 0.859. The van der Waals surface area contributed by atoms with E-state index >= 15 is 0 Å². The SMILES string of the molecule is Cc1noc(C2CCCN(C(C)c3nc(C(C)C)no3)C2)n1. The van der Waals surface area contributed by atoms with Crippen LogP contribution in [0.3, 0.4) is 0 Å². The number of likely N-dealkylation sites (tertiary alicyclic amines) is 1. The zero-order chi connectivity index (χ0) is 15.7. The number of hydrogen-bond donors (Lipinski definition) is 0. The summed E-state index contributed by atoms with van der Waals surface area (Å²) in [4.78, 5) is 11.2. The molecule has 0 aromatic carbocycles. The second-order valence-corrected chi connectivity index (χ2v) is 6.34. The van der Waals surface area contributed by atoms with E-state index in [1.165, 1.54) is 0 Å². The smallest absolute Gasteiger partial charge is 0.243 e. The highest BCUT2D eigenvalue weighted by molar-refractivity contribution is 5.00. The van der Waals surface area contributed by atoms with Crippen molar-refractivity contribution >= 4 is 0 Å². The van der Waals surface area contributed by atoms with Gasteiger partial charge in [0.1, 0.15) is 0 Å². The van der Waals surface area contributed by atoms with Gasteiger partial charge in [-0.3, -0.25) is 4.90 Å². The number of rotatable bonds is 4. The van der Waals surface area contributed by atoms with E-state index in [1.807, 2.05) is 6.92 Å². The van der Waals surface area contributed by atoms with Crippen molar-refractivity contribution in [3.05, 3.63) is 23.4 Å². The minimum atomic E-state index is 0.104. The monoisotopic (exact) mass is 305 g/mol. The standard InChI is InChI=1S/C15H23N5O2/c1-9(2)13-17-14(21-19-13)10(3)20-7-5-6-12(8-20)15-16-11(4)18-22-15/h9-10,12H,5-8H2,1-4H3. The first-order valence-electron chi connectivity index (χ1n) is 7.92. The van der Waals surface area contributed by atoms with Gasteiger partial charge >= 0.3 is 0 Å². The molecule has 22 heavy (non-hydrogen) atoms. The van der Waals surface area contributed by atoms with Gasteiger partial charge in [0.05, 0.1) is 12.0 Å². The molecular formula is C15H23N5O2. The normalized spacial score (nSPS) is 21.4. The second kappa shape index (κ2) is 6.16. The van der Waals surface area contributed by atoms with E-state index in [-0.39, 0.29) is 17.9 Å². The van der Waals surface area contributed by atoms with Crippen LogP contribution in [0.25, 0.3) is 0 Å². The van der Waals surface area contributed by atoms with E-state index in [1.54, 1.807) is 0 Å². The summed E-state index contributed by atoms with van der Waals surface area (Å²) in [5.41, 5.74) is 0. The van der Waals surface area contributed by atoms with Crippen LogP contribution in [0.15, 0.2) is 9.05 Å². The van der Waals surface area contributed by atoms with Gasteiger partial charge in [0.25, 0.3) is 0 Å². The van der Waals surface area contributed by atoms with Crippen LogP contribution >= 0.6 is 0 Å². The van der Waals surface area contributed by atoms with Crippen LogP contribution in [-0.4, -0.2) is 38.3 Å². The molecule has 2 aromatic heterocycles. The lowest BCUT2D eigenvalue weighted by Crippen LogP contribution is -2.36. The van der Waals surface area contributed by atoms with Gasteiger partial charge in [0, 0.05) is 12.5 Å². The largest absolute Gasteiger partial charge is 0.339 e. The molecule has 2 unspecified atom stereocenters. The minimum absolute atomic E-state index is 0.104. The molecule has 1 saturated heterocycles. The number of aryl methyl sites for hydroxylation is 1. The highest BCUT2D eigenvalue weighted by Crippen LogP contribution is 2.31. The Labute approximate surface area is 130 Å². The second-order valence-electron chi connectivity index (χ2n) is 6.34. The highest BCUT2D eigenvalue weighted by Gasteiger charge is 2.30. The topological polar surface area (TPSA) is 81.1 Å². The maximum absolute atomic E-state index is 5.43. The number of hydrogen-bond acceptors (Lipinski definition) is 7. The molecule has 120 valence electrons. The summed E-state index contributed by atoms with van der Waals surface area (Å²) in [5.74, 6) is 3.44. The summed E-state index contributed by atoms with van der Waals surface area (Å²) in [7, 11) is 0. The molecule has 2 atom stereocenters. The summed E-state index contributed by atoms with van der Waals surface area (Å²) in [6, 6.07) is 0.104. The predicted octanol–water partition coefficient (Wildman–Crippen LogP) is 2.83. The third-order valence-electron chi connectivity index (χ3n) is 4.22. The van der Waals surface area contributed by atoms with Gasteiger partial charge in [0.2, 0.25) is 11.8 Å². The van der Waals surface area contributed by atoms with Crippen LogP contribution in [0.4, 0.5) is 0 Å². The van der Waals surface area contributed by atoms with Gasteiger partial charge in [-0.25, -0.2) is 0 Å². The number of nitrogens with zero attached hydrogens (tertiary/aromatic N) is 5. The Morgan fingerprint density at radius 2 is 1.95 bits per heavy atom. The zero-order valence-corrected chi connectivity index (χ0v) is 13.6. The summed E-state index contributed by atoms with van der Waals surface area (Å²) >= 11 is 0. The van der Waals surface area contributed by atoms with Crippen molar-refractivity contribution in [2.75, 3.05) is 13.1 Å². The van der Waals surface area contributed by atoms with Crippen LogP contribution in [0, 0.1) is 6.92 Å². The average molecular weight is 305 g/mol. The summed E-state index contributed by atoms with van der Waals surface area (Å²) < 4.78 is 10.8. The third kappa shape index (κ3) is 3.04. The fourth-order valence-corrected chi connectivity index (χ4v) is 2.85. The molecule has 1 aliphatic rings. The van der Waals surface area contributed by atoms with E-state index in [0.717, 1.165) is 37.6 Å². The van der Waals surface area contributed by atoms with Crippen LogP contribution < -0.4 is 0 Å². The van der Waals surface area contributed by atoms with Crippen molar-refractivity contribution in [3.63, 3.8) is 0 Å². The van der Waals surface area contributed by atoms with Crippen LogP contribution in [-0.2, 0) is 0 Å². The van der Waals surface area contributed by atoms with E-state index in [9.17, 15) is 0 Å². The lowest BCUT2D eigenvalue weighted by Gasteiger charge is -2.33. The maximum atomic E-state index is 5.43. The lowest BCUT2D eigenvalue weighted by atomic mass is 9.96. The summed E-state index contributed by atoms with van der Waals surface area (Å²) in [5, 5.41) is 7.96. The molecule has 3 rings (SSSR count). The molecule has 0 amide bonds. The predicted molar refractivity (Wildman–Crippen MR) is 79.4 cm³/mol. The fraction of sp³-hybridized carbons (Fsp3) is 0.733. The summed E-state index contributed by atoms with van der Waals surface area (Å²) in [6.07, 6.45) is 2.17. The maximum Gasteiger partial charge on any atom is 0.243 e. The van der Waals surface area contributed by atoms with Gasteiger partial charge in [-0.1, -0.05) is 24.2 Å². The zero-order valence-electron chi connectivity index (χ0n) is 13.6. The highest BCUT2D eigenvalue weighted by atomic mass is 16.5. The van der Waals surface area contributed by atoms with Crippen LogP contribution in [0.5, 0.6) is 0 Å². The molecule has 1 aliphatic heterocycles. The first-order valence-corrected chi connectivity index (χ1v) is 7.92. The fourth-order valence-electron chi connectivity index (χ4n) is 2.85. The lowest BCUT2D eigenvalue weighted by molar-refractivity contribution is 0.123. The van der Waals surface area contributed by atoms with Crippen molar-refractivity contribution in [3.8, 4) is 0 Å². The molecule has 0 bridgehead atoms. The van der Waals surface area contributed by atoms with E-state index in [4.69, 9.17) is 9.05 Å². The van der Waals surface area contributed by atoms with E-state index in [2.05, 4.69) is 46.0 Å². The van der Waals surface area contributed by atoms with Crippen molar-refractivity contribution in [1.82, 2.24) is 25.2 Å². The Balaban J connectivity index is 1.70. The Morgan fingerprint density at radius 1 is 1.14 bits per heavy atom. The first-order chi connectivity index (χ1) is 10.5. The van der Waals surface area contributed by atoms with Gasteiger partial charge in [0.15, 0.2) is 11.6 Å². The Morgan fingerprint density at radius 3 is 2.59 bits per heavy atom. The molecule has 0 aliphatic carbocycles. The molecule has 7 nitrogen and oxygen atoms in total. The van der Waals surface area contributed by atoms with Crippen molar-refractivity contribution in [2.45, 2.75) is 58.4 Å². The van der Waals surface area contributed by atoms with Crippen LogP contribution in [0.2, 0.25) is 0 Å². The van der Waals surface area contributed by atoms with Gasteiger partial charge < -0.3 is 9.05 Å². The van der Waals surface area contributed by atoms with Gasteiger partial charge in [-0.2, -0.15) is 9.97 Å². The number of aromatic nitrogens is 4. The molecule has 0 N–H and O–H groups in total. The molecule has 3 heterocycles. The first kappa shape index (κ1) is 15.1. The molecular weight excluding hydrogens is 282 g/mol. The van der Waals surface area contributed by atoms with E-state index < -0.39 is 0 Å². The number of piperidine rings is 1. The minimum Gasteiger partial charge on any atom is -0.339 e. The van der Waals surface area contributed by atoms with E-state index in [0.29, 0.717) is 11.7 Å². The van der Waals surface area contributed by atoms with Gasteiger partial charge in [-0.05, 0) is 33.2 Å². The molecule has 0 saturated carbocycles. The average Bonchev–Trinajstić information content (AvgIpc) is 3.15. The van der Waals surface area contributed by atoms with Crippen molar-refractivity contribution in [1.29, 1.82) is 0 Å². The van der Waals surface area contributed by atoms with Crippen molar-refractivity contribution in [2.24, 2.45) is 0 Å². The van der Waals surface area contributed by atoms with Crippen molar-refractivity contribution < 1.29 is 9.05 Å². The third-order valence-corrected chi connectivity index (χ3v) is 4.22. The molecule has 0 spiro atoms. The molecule has 2 aromatic rings. The molecule has 7 heteroatoms. The summed E-state index contributed by atoms with van der Waals surface area (Å²) in [6.45, 7) is 9.98. The van der Waals surface area contributed by atoms with Crippen LogP contribution in [0.1, 0.15) is 74.9 Å².